The number of fused-ring (bicyclic) bond motifs is 2. The maximum atomic E-state index is 12.3. The Morgan fingerprint density at radius 1 is 1.17 bits per heavy atom. The number of rotatable bonds is 5. The molecular formula is C18H34ClN3O. The van der Waals surface area contributed by atoms with Crippen molar-refractivity contribution < 1.29 is 4.79 Å². The second-order valence-corrected chi connectivity index (χ2v) is 8.17. The molecule has 134 valence electrons. The van der Waals surface area contributed by atoms with Crippen molar-refractivity contribution in [3.05, 3.63) is 0 Å². The number of hydrogen-bond acceptors (Lipinski definition) is 3. The summed E-state index contributed by atoms with van der Waals surface area (Å²) in [5.41, 5.74) is 5.98. The lowest BCUT2D eigenvalue weighted by atomic mass is 9.84. The van der Waals surface area contributed by atoms with Gasteiger partial charge in [0.2, 0.25) is 5.91 Å². The number of hydrogen-bond donors (Lipinski definition) is 2. The molecule has 2 saturated carbocycles. The van der Waals surface area contributed by atoms with Crippen molar-refractivity contribution in [2.24, 2.45) is 29.4 Å². The Balaban J connectivity index is 0.00000192. The third kappa shape index (κ3) is 4.61. The molecule has 1 aliphatic heterocycles. The first kappa shape index (κ1) is 19.0. The summed E-state index contributed by atoms with van der Waals surface area (Å²) in [5, 5.41) is 3.28. The topological polar surface area (TPSA) is 58.4 Å². The summed E-state index contributed by atoms with van der Waals surface area (Å²) in [7, 11) is 0. The number of nitrogens with one attached hydrogen (secondary N) is 1. The molecule has 5 unspecified atom stereocenters. The lowest BCUT2D eigenvalue weighted by Gasteiger charge is -2.34. The minimum atomic E-state index is 0. The third-order valence-electron chi connectivity index (χ3n) is 6.57. The maximum absolute atomic E-state index is 12.3. The van der Waals surface area contributed by atoms with E-state index in [1.165, 1.54) is 25.7 Å². The number of halogens is 1. The van der Waals surface area contributed by atoms with Crippen molar-refractivity contribution in [1.29, 1.82) is 0 Å². The Bertz CT molecular complexity index is 396. The van der Waals surface area contributed by atoms with Crippen LogP contribution in [0.3, 0.4) is 0 Å². The molecule has 0 aromatic heterocycles. The fourth-order valence-corrected chi connectivity index (χ4v) is 5.15. The smallest absolute Gasteiger partial charge is 0.234 e. The second-order valence-electron chi connectivity index (χ2n) is 8.17. The summed E-state index contributed by atoms with van der Waals surface area (Å²) in [4.78, 5) is 14.6. The van der Waals surface area contributed by atoms with Crippen LogP contribution in [-0.4, -0.2) is 42.5 Å². The zero-order valence-corrected chi connectivity index (χ0v) is 15.5. The van der Waals surface area contributed by atoms with Crippen LogP contribution in [0.15, 0.2) is 0 Å². The van der Waals surface area contributed by atoms with Crippen LogP contribution < -0.4 is 11.1 Å². The predicted octanol–water partition coefficient (Wildman–Crippen LogP) is 2.41. The van der Waals surface area contributed by atoms with Crippen molar-refractivity contribution in [3.8, 4) is 0 Å². The van der Waals surface area contributed by atoms with Crippen molar-refractivity contribution in [2.75, 3.05) is 19.6 Å². The van der Waals surface area contributed by atoms with Gasteiger partial charge >= 0.3 is 0 Å². The standard InChI is InChI=1S/C18H33N3O.ClH/c1-12(19)15-5-7-21(8-6-15)11-18(22)20-13(2)17-10-14-3-4-16(17)9-14;/h12-17H,3-11,19H2,1-2H3,(H,20,22);1H. The van der Waals surface area contributed by atoms with E-state index in [4.69, 9.17) is 5.73 Å². The Morgan fingerprint density at radius 3 is 2.39 bits per heavy atom. The fourth-order valence-electron chi connectivity index (χ4n) is 5.15. The van der Waals surface area contributed by atoms with Gasteiger partial charge in [0.1, 0.15) is 0 Å². The summed E-state index contributed by atoms with van der Waals surface area (Å²) >= 11 is 0. The first-order valence-electron chi connectivity index (χ1n) is 9.30. The summed E-state index contributed by atoms with van der Waals surface area (Å²) in [6, 6.07) is 0.637. The molecule has 3 fully saturated rings. The zero-order chi connectivity index (χ0) is 15.7. The van der Waals surface area contributed by atoms with E-state index in [1.807, 2.05) is 0 Å². The van der Waals surface area contributed by atoms with Gasteiger partial charge in [-0.2, -0.15) is 0 Å². The van der Waals surface area contributed by atoms with E-state index in [2.05, 4.69) is 24.1 Å². The Hall–Kier alpha value is -0.320. The van der Waals surface area contributed by atoms with Gasteiger partial charge in [-0.1, -0.05) is 6.42 Å². The quantitative estimate of drug-likeness (QED) is 0.806. The summed E-state index contributed by atoms with van der Waals surface area (Å²) in [6.45, 7) is 6.91. The van der Waals surface area contributed by atoms with Gasteiger partial charge in [-0.05, 0) is 82.7 Å². The molecule has 0 radical (unpaired) electrons. The molecule has 0 aromatic rings. The minimum absolute atomic E-state index is 0. The number of likely N-dealkylation sites (tertiary alicyclic amines) is 1. The first-order valence-corrected chi connectivity index (χ1v) is 9.30. The molecule has 1 amide bonds. The molecule has 0 spiro atoms. The first-order chi connectivity index (χ1) is 10.5. The highest BCUT2D eigenvalue weighted by molar-refractivity contribution is 5.85. The van der Waals surface area contributed by atoms with E-state index in [-0.39, 0.29) is 24.4 Å². The average Bonchev–Trinajstić information content (AvgIpc) is 3.10. The third-order valence-corrected chi connectivity index (χ3v) is 6.57. The predicted molar refractivity (Wildman–Crippen MR) is 96.6 cm³/mol. The molecule has 23 heavy (non-hydrogen) atoms. The molecule has 4 nitrogen and oxygen atoms in total. The Kier molecular flexibility index (Phi) is 6.76. The molecule has 2 bridgehead atoms. The largest absolute Gasteiger partial charge is 0.352 e. The molecule has 1 saturated heterocycles. The number of nitrogens with zero attached hydrogens (tertiary/aromatic N) is 1. The average molecular weight is 344 g/mol. The molecular weight excluding hydrogens is 310 g/mol. The van der Waals surface area contributed by atoms with Gasteiger partial charge in [-0.15, -0.1) is 12.4 Å². The van der Waals surface area contributed by atoms with Gasteiger partial charge in [0, 0.05) is 12.1 Å². The molecule has 5 heteroatoms. The van der Waals surface area contributed by atoms with E-state index in [0.717, 1.165) is 43.7 Å². The Morgan fingerprint density at radius 2 is 1.87 bits per heavy atom. The number of amides is 1. The van der Waals surface area contributed by atoms with Crippen LogP contribution >= 0.6 is 12.4 Å². The SMILES string of the molecule is CC(N)C1CCN(CC(=O)NC(C)C2CC3CCC2C3)CC1.Cl. The van der Waals surface area contributed by atoms with E-state index >= 15 is 0 Å². The van der Waals surface area contributed by atoms with E-state index in [1.54, 1.807) is 0 Å². The van der Waals surface area contributed by atoms with Gasteiger partial charge < -0.3 is 11.1 Å². The number of carbonyl (C=O) groups excluding carboxylic acids is 1. The van der Waals surface area contributed by atoms with Gasteiger partial charge in [-0.3, -0.25) is 9.69 Å². The van der Waals surface area contributed by atoms with Crippen LogP contribution in [-0.2, 0) is 4.79 Å². The van der Waals surface area contributed by atoms with Crippen LogP contribution in [0.4, 0.5) is 0 Å². The molecule has 3 rings (SSSR count). The molecule has 0 aromatic carbocycles. The lowest BCUT2D eigenvalue weighted by Crippen LogP contribution is -2.47. The normalized spacial score (nSPS) is 34.0. The Labute approximate surface area is 147 Å². The van der Waals surface area contributed by atoms with Crippen LogP contribution in [0.25, 0.3) is 0 Å². The molecule has 1 heterocycles. The van der Waals surface area contributed by atoms with Gasteiger partial charge in [0.25, 0.3) is 0 Å². The number of piperidine rings is 1. The fraction of sp³-hybridized carbons (Fsp3) is 0.944. The highest BCUT2D eigenvalue weighted by atomic mass is 35.5. The highest BCUT2D eigenvalue weighted by Gasteiger charge is 2.42. The molecule has 2 aliphatic carbocycles. The van der Waals surface area contributed by atoms with Crippen molar-refractivity contribution in [1.82, 2.24) is 10.2 Å². The van der Waals surface area contributed by atoms with Crippen LogP contribution in [0.1, 0.15) is 52.4 Å². The van der Waals surface area contributed by atoms with Crippen molar-refractivity contribution >= 4 is 18.3 Å². The van der Waals surface area contributed by atoms with Gasteiger partial charge in [0.15, 0.2) is 0 Å². The summed E-state index contributed by atoms with van der Waals surface area (Å²) < 4.78 is 0. The van der Waals surface area contributed by atoms with E-state index < -0.39 is 0 Å². The second kappa shape index (κ2) is 8.17. The maximum Gasteiger partial charge on any atom is 0.234 e. The zero-order valence-electron chi connectivity index (χ0n) is 14.7. The molecule has 5 atom stereocenters. The summed E-state index contributed by atoms with van der Waals surface area (Å²) in [5.74, 6) is 3.40. The highest BCUT2D eigenvalue weighted by Crippen LogP contribution is 2.49. The summed E-state index contributed by atoms with van der Waals surface area (Å²) in [6.07, 6.45) is 7.83. The van der Waals surface area contributed by atoms with Crippen molar-refractivity contribution in [2.45, 2.75) is 64.5 Å². The molecule has 3 N–H and O–H groups in total. The van der Waals surface area contributed by atoms with Crippen molar-refractivity contribution in [3.63, 3.8) is 0 Å². The van der Waals surface area contributed by atoms with Gasteiger partial charge in [-0.25, -0.2) is 0 Å². The number of nitrogens with two attached hydrogens (primary N) is 1. The van der Waals surface area contributed by atoms with E-state index in [9.17, 15) is 4.79 Å². The lowest BCUT2D eigenvalue weighted by molar-refractivity contribution is -0.123. The van der Waals surface area contributed by atoms with Crippen LogP contribution in [0.2, 0.25) is 0 Å². The molecule has 3 aliphatic rings. The van der Waals surface area contributed by atoms with Gasteiger partial charge in [0.05, 0.1) is 6.54 Å². The number of carbonyl (C=O) groups is 1. The van der Waals surface area contributed by atoms with Crippen LogP contribution in [0.5, 0.6) is 0 Å². The van der Waals surface area contributed by atoms with Crippen LogP contribution in [0, 0.1) is 23.7 Å². The minimum Gasteiger partial charge on any atom is -0.352 e. The monoisotopic (exact) mass is 343 g/mol. The van der Waals surface area contributed by atoms with E-state index in [0.29, 0.717) is 18.5 Å².